The smallest absolute Gasteiger partial charge is 0.329 e. The predicted molar refractivity (Wildman–Crippen MR) is 95.5 cm³/mol. The van der Waals surface area contributed by atoms with Gasteiger partial charge in [0.25, 0.3) is 0 Å². The van der Waals surface area contributed by atoms with Crippen molar-refractivity contribution in [3.8, 4) is 0 Å². The summed E-state index contributed by atoms with van der Waals surface area (Å²) in [5, 5.41) is 16.0. The molecule has 0 heterocycles. The van der Waals surface area contributed by atoms with Gasteiger partial charge in [0.15, 0.2) is 0 Å². The summed E-state index contributed by atoms with van der Waals surface area (Å²) in [6.07, 6.45) is 0. The first-order chi connectivity index (χ1) is 13.3. The normalized spacial score (nSPS) is 11.0. The van der Waals surface area contributed by atoms with E-state index in [1.54, 1.807) is 0 Å². The highest BCUT2D eigenvalue weighted by Gasteiger charge is 2.33. The second-order valence-electron chi connectivity index (χ2n) is 5.88. The number of likely N-dealkylation sites (N-methyl/N-ethyl adjacent to an activating group) is 3. The lowest BCUT2D eigenvalue weighted by Crippen LogP contribution is -2.44. The Labute approximate surface area is 163 Å². The molecule has 0 fully saturated rings. The standard InChI is InChI=1S/C16H29N3O9/c1-17-12(20)4-25-8-16(11-28-7-15(23)24,9-26-5-13(21)18-2)10-27-6-14(22)19-3/h4-11H2,1-3H3,(H,17,20)(H,18,21)(H,19,22)(H,23,24). The molecule has 0 aliphatic carbocycles. The number of carbonyl (C=O) groups excluding carboxylic acids is 3. The third-order valence-electron chi connectivity index (χ3n) is 3.39. The maximum Gasteiger partial charge on any atom is 0.329 e. The minimum atomic E-state index is -1.17. The summed E-state index contributed by atoms with van der Waals surface area (Å²) in [7, 11) is 4.36. The number of carboxylic acid groups (broad SMARTS) is 1. The van der Waals surface area contributed by atoms with Crippen molar-refractivity contribution >= 4 is 23.7 Å². The molecule has 0 aromatic heterocycles. The molecule has 12 heteroatoms. The molecule has 162 valence electrons. The van der Waals surface area contributed by atoms with Gasteiger partial charge in [0.2, 0.25) is 17.7 Å². The Morgan fingerprint density at radius 2 is 0.929 bits per heavy atom. The van der Waals surface area contributed by atoms with Crippen LogP contribution in [0.15, 0.2) is 0 Å². The van der Waals surface area contributed by atoms with Gasteiger partial charge in [-0.1, -0.05) is 0 Å². The number of nitrogens with one attached hydrogen (secondary N) is 3. The molecule has 0 atom stereocenters. The van der Waals surface area contributed by atoms with Gasteiger partial charge in [-0.05, 0) is 0 Å². The van der Waals surface area contributed by atoms with Crippen molar-refractivity contribution in [2.75, 3.05) is 74.0 Å². The summed E-state index contributed by atoms with van der Waals surface area (Å²) in [5.41, 5.74) is -1.05. The maximum absolute atomic E-state index is 11.4. The first-order valence-corrected chi connectivity index (χ1v) is 8.43. The molecule has 0 aromatic rings. The molecular weight excluding hydrogens is 378 g/mol. The minimum Gasteiger partial charge on any atom is -0.480 e. The minimum absolute atomic E-state index is 0.0957. The second kappa shape index (κ2) is 14.7. The molecule has 0 unspecified atom stereocenters. The Morgan fingerprint density at radius 3 is 1.18 bits per heavy atom. The van der Waals surface area contributed by atoms with Crippen LogP contribution in [0.5, 0.6) is 0 Å². The first kappa shape index (κ1) is 25.7. The predicted octanol–water partition coefficient (Wildman–Crippen LogP) is -2.64. The van der Waals surface area contributed by atoms with Gasteiger partial charge < -0.3 is 40.0 Å². The van der Waals surface area contributed by atoms with Crippen molar-refractivity contribution in [2.24, 2.45) is 5.41 Å². The third-order valence-corrected chi connectivity index (χ3v) is 3.39. The molecule has 0 aliphatic heterocycles. The summed E-state index contributed by atoms with van der Waals surface area (Å²) in [6.45, 7) is -1.76. The number of hydrogen-bond donors (Lipinski definition) is 4. The Morgan fingerprint density at radius 1 is 0.643 bits per heavy atom. The lowest BCUT2D eigenvalue weighted by atomic mass is 9.92. The monoisotopic (exact) mass is 407 g/mol. The van der Waals surface area contributed by atoms with E-state index in [0.29, 0.717) is 0 Å². The number of carboxylic acids is 1. The molecule has 0 rings (SSSR count). The first-order valence-electron chi connectivity index (χ1n) is 8.43. The van der Waals surface area contributed by atoms with E-state index in [0.717, 1.165) is 0 Å². The van der Waals surface area contributed by atoms with Crippen molar-refractivity contribution in [1.82, 2.24) is 16.0 Å². The summed E-state index contributed by atoms with van der Waals surface area (Å²) in [4.78, 5) is 44.9. The lowest BCUT2D eigenvalue weighted by molar-refractivity contribution is -0.150. The Balaban J connectivity index is 5.09. The highest BCUT2D eigenvalue weighted by Crippen LogP contribution is 2.21. The van der Waals surface area contributed by atoms with E-state index < -0.39 is 18.0 Å². The van der Waals surface area contributed by atoms with E-state index in [9.17, 15) is 19.2 Å². The molecule has 0 bridgehead atoms. The molecule has 0 radical (unpaired) electrons. The molecular formula is C16H29N3O9. The van der Waals surface area contributed by atoms with Gasteiger partial charge in [0.05, 0.1) is 31.8 Å². The fraction of sp³-hybridized carbons (Fsp3) is 0.750. The Kier molecular flexibility index (Phi) is 13.5. The van der Waals surface area contributed by atoms with Crippen LogP contribution < -0.4 is 16.0 Å². The molecule has 3 amide bonds. The summed E-state index contributed by atoms with van der Waals surface area (Å²) in [6, 6.07) is 0. The van der Waals surface area contributed by atoms with E-state index in [2.05, 4.69) is 16.0 Å². The highest BCUT2D eigenvalue weighted by atomic mass is 16.5. The van der Waals surface area contributed by atoms with E-state index in [-0.39, 0.29) is 64.0 Å². The molecule has 12 nitrogen and oxygen atoms in total. The van der Waals surface area contributed by atoms with Crippen LogP contribution in [0.25, 0.3) is 0 Å². The summed E-state index contributed by atoms with van der Waals surface area (Å²) >= 11 is 0. The van der Waals surface area contributed by atoms with Gasteiger partial charge >= 0.3 is 5.97 Å². The van der Waals surface area contributed by atoms with Crippen LogP contribution >= 0.6 is 0 Å². The largest absolute Gasteiger partial charge is 0.480 e. The van der Waals surface area contributed by atoms with Crippen LogP contribution in [0.4, 0.5) is 0 Å². The van der Waals surface area contributed by atoms with Crippen molar-refractivity contribution < 1.29 is 43.2 Å². The zero-order valence-electron chi connectivity index (χ0n) is 16.4. The van der Waals surface area contributed by atoms with Gasteiger partial charge in [0, 0.05) is 21.1 Å². The van der Waals surface area contributed by atoms with Gasteiger partial charge in [-0.2, -0.15) is 0 Å². The number of amides is 3. The maximum atomic E-state index is 11.4. The zero-order chi connectivity index (χ0) is 21.4. The topological polar surface area (TPSA) is 162 Å². The van der Waals surface area contributed by atoms with E-state index in [1.807, 2.05) is 0 Å². The molecule has 0 saturated heterocycles. The number of hydrogen-bond acceptors (Lipinski definition) is 8. The summed E-state index contributed by atoms with van der Waals surface area (Å²) in [5.74, 6) is -2.26. The van der Waals surface area contributed by atoms with Gasteiger partial charge in [0.1, 0.15) is 26.4 Å². The molecule has 0 aliphatic rings. The molecule has 0 saturated carbocycles. The lowest BCUT2D eigenvalue weighted by Gasteiger charge is -2.32. The average Bonchev–Trinajstić information content (AvgIpc) is 2.66. The number of rotatable bonds is 16. The zero-order valence-corrected chi connectivity index (χ0v) is 16.4. The van der Waals surface area contributed by atoms with Crippen LogP contribution in [-0.2, 0) is 38.1 Å². The average molecular weight is 407 g/mol. The number of carbonyl (C=O) groups is 4. The fourth-order valence-corrected chi connectivity index (χ4v) is 1.90. The van der Waals surface area contributed by atoms with E-state index >= 15 is 0 Å². The van der Waals surface area contributed by atoms with Crippen molar-refractivity contribution in [1.29, 1.82) is 0 Å². The Hall–Kier alpha value is -2.28. The van der Waals surface area contributed by atoms with Crippen LogP contribution in [0.2, 0.25) is 0 Å². The van der Waals surface area contributed by atoms with Crippen molar-refractivity contribution in [3.63, 3.8) is 0 Å². The SMILES string of the molecule is CNC(=O)COCC(COCC(=O)O)(COCC(=O)NC)COCC(=O)NC. The molecule has 0 spiro atoms. The highest BCUT2D eigenvalue weighted by molar-refractivity contribution is 5.77. The molecule has 4 N–H and O–H groups in total. The van der Waals surface area contributed by atoms with E-state index in [1.165, 1.54) is 21.1 Å². The Bertz CT molecular complexity index is 459. The van der Waals surface area contributed by atoms with Crippen molar-refractivity contribution in [2.45, 2.75) is 0 Å². The summed E-state index contributed by atoms with van der Waals surface area (Å²) < 4.78 is 21.3. The van der Waals surface area contributed by atoms with Crippen molar-refractivity contribution in [3.05, 3.63) is 0 Å². The van der Waals surface area contributed by atoms with Gasteiger partial charge in [-0.3, -0.25) is 14.4 Å². The second-order valence-corrected chi connectivity index (χ2v) is 5.88. The molecule has 0 aromatic carbocycles. The van der Waals surface area contributed by atoms with Gasteiger partial charge in [-0.15, -0.1) is 0 Å². The third kappa shape index (κ3) is 12.2. The number of ether oxygens (including phenoxy) is 4. The van der Waals surface area contributed by atoms with Crippen LogP contribution in [-0.4, -0.2) is 103 Å². The van der Waals surface area contributed by atoms with Gasteiger partial charge in [-0.25, -0.2) is 4.79 Å². The van der Waals surface area contributed by atoms with Crippen LogP contribution in [0.1, 0.15) is 0 Å². The quantitative estimate of drug-likeness (QED) is 0.214. The van der Waals surface area contributed by atoms with Crippen LogP contribution in [0, 0.1) is 5.41 Å². The number of aliphatic carboxylic acids is 1. The van der Waals surface area contributed by atoms with Crippen LogP contribution in [0.3, 0.4) is 0 Å². The molecule has 28 heavy (non-hydrogen) atoms. The van der Waals surface area contributed by atoms with E-state index in [4.69, 9.17) is 24.1 Å². The fourth-order valence-electron chi connectivity index (χ4n) is 1.90.